The Balaban J connectivity index is 1.99. The zero-order valence-electron chi connectivity index (χ0n) is 10.1. The molecule has 2 atom stereocenters. The molecule has 4 nitrogen and oxygen atoms in total. The molecule has 0 aromatic heterocycles. The third-order valence-corrected chi connectivity index (χ3v) is 3.37. The van der Waals surface area contributed by atoms with E-state index < -0.39 is 0 Å². The molecule has 16 heavy (non-hydrogen) atoms. The van der Waals surface area contributed by atoms with Crippen molar-refractivity contribution in [3.63, 3.8) is 0 Å². The number of aliphatic imine (C=N–C) groups is 1. The molecule has 2 aliphatic heterocycles. The van der Waals surface area contributed by atoms with Gasteiger partial charge in [0.1, 0.15) is 0 Å². The Kier molecular flexibility index (Phi) is 4.18. The molecule has 0 amide bonds. The Bertz CT molecular complexity index is 249. The first kappa shape index (κ1) is 11.9. The van der Waals surface area contributed by atoms with E-state index in [-0.39, 0.29) is 12.3 Å². The standard InChI is InChI=1S/C12H21NO3/c1-9(12-15-7-8-16-12)10-5-3-4-6-11(13-10)14-2/h9-10,12H,3-8H2,1-2H3. The van der Waals surface area contributed by atoms with Crippen LogP contribution in [0.4, 0.5) is 0 Å². The van der Waals surface area contributed by atoms with Crippen LogP contribution < -0.4 is 0 Å². The summed E-state index contributed by atoms with van der Waals surface area (Å²) in [5.41, 5.74) is 0. The van der Waals surface area contributed by atoms with E-state index in [0.29, 0.717) is 19.1 Å². The molecule has 92 valence electrons. The van der Waals surface area contributed by atoms with Crippen molar-refractivity contribution in [2.45, 2.75) is 44.9 Å². The molecule has 0 aromatic carbocycles. The fourth-order valence-corrected chi connectivity index (χ4v) is 2.34. The number of methoxy groups -OCH3 is 1. The summed E-state index contributed by atoms with van der Waals surface area (Å²) in [6.07, 6.45) is 4.37. The van der Waals surface area contributed by atoms with Gasteiger partial charge in [0.2, 0.25) is 0 Å². The number of nitrogens with zero attached hydrogens (tertiary/aromatic N) is 1. The average molecular weight is 227 g/mol. The summed E-state index contributed by atoms with van der Waals surface area (Å²) in [6, 6.07) is 0.278. The van der Waals surface area contributed by atoms with Crippen LogP contribution in [0.2, 0.25) is 0 Å². The van der Waals surface area contributed by atoms with Gasteiger partial charge in [-0.15, -0.1) is 0 Å². The Hall–Kier alpha value is -0.610. The van der Waals surface area contributed by atoms with Gasteiger partial charge in [0.05, 0.1) is 26.4 Å². The highest BCUT2D eigenvalue weighted by molar-refractivity contribution is 5.76. The van der Waals surface area contributed by atoms with E-state index in [4.69, 9.17) is 14.2 Å². The van der Waals surface area contributed by atoms with E-state index in [2.05, 4.69) is 11.9 Å². The second-order valence-corrected chi connectivity index (χ2v) is 4.51. The van der Waals surface area contributed by atoms with Gasteiger partial charge in [-0.3, -0.25) is 4.99 Å². The van der Waals surface area contributed by atoms with Crippen LogP contribution in [0.25, 0.3) is 0 Å². The number of hydrogen-bond donors (Lipinski definition) is 0. The lowest BCUT2D eigenvalue weighted by molar-refractivity contribution is -0.0847. The van der Waals surface area contributed by atoms with Crippen LogP contribution in [0.3, 0.4) is 0 Å². The quantitative estimate of drug-likeness (QED) is 0.724. The van der Waals surface area contributed by atoms with Gasteiger partial charge in [-0.05, 0) is 12.8 Å². The first-order chi connectivity index (χ1) is 7.81. The van der Waals surface area contributed by atoms with Crippen molar-refractivity contribution in [3.05, 3.63) is 0 Å². The summed E-state index contributed by atoms with van der Waals surface area (Å²) in [4.78, 5) is 4.67. The van der Waals surface area contributed by atoms with Gasteiger partial charge in [-0.25, -0.2) is 0 Å². The summed E-state index contributed by atoms with van der Waals surface area (Å²) in [7, 11) is 1.70. The molecule has 0 N–H and O–H groups in total. The second-order valence-electron chi connectivity index (χ2n) is 4.51. The van der Waals surface area contributed by atoms with Crippen LogP contribution in [0, 0.1) is 5.92 Å². The molecular weight excluding hydrogens is 206 g/mol. The molecule has 2 unspecified atom stereocenters. The van der Waals surface area contributed by atoms with Crippen molar-refractivity contribution >= 4 is 5.90 Å². The predicted molar refractivity (Wildman–Crippen MR) is 61.6 cm³/mol. The van der Waals surface area contributed by atoms with Gasteiger partial charge in [0.15, 0.2) is 12.2 Å². The minimum Gasteiger partial charge on any atom is -0.484 e. The van der Waals surface area contributed by atoms with E-state index >= 15 is 0 Å². The smallest absolute Gasteiger partial charge is 0.183 e. The summed E-state index contributed by atoms with van der Waals surface area (Å²) in [5.74, 6) is 1.19. The third kappa shape index (κ3) is 2.74. The Morgan fingerprint density at radius 1 is 1.31 bits per heavy atom. The summed E-state index contributed by atoms with van der Waals surface area (Å²) in [6.45, 7) is 3.58. The number of ether oxygens (including phenoxy) is 3. The Labute approximate surface area is 97.0 Å². The van der Waals surface area contributed by atoms with Crippen LogP contribution in [0.1, 0.15) is 32.6 Å². The van der Waals surface area contributed by atoms with Gasteiger partial charge >= 0.3 is 0 Å². The molecule has 1 fully saturated rings. The highest BCUT2D eigenvalue weighted by Gasteiger charge is 2.30. The van der Waals surface area contributed by atoms with Crippen molar-refractivity contribution in [3.8, 4) is 0 Å². The monoisotopic (exact) mass is 227 g/mol. The van der Waals surface area contributed by atoms with Crippen LogP contribution in [0.5, 0.6) is 0 Å². The molecule has 0 bridgehead atoms. The van der Waals surface area contributed by atoms with Crippen LogP contribution in [-0.4, -0.2) is 38.6 Å². The molecule has 2 aliphatic rings. The summed E-state index contributed by atoms with van der Waals surface area (Å²) < 4.78 is 16.4. The topological polar surface area (TPSA) is 40.0 Å². The molecule has 0 aliphatic carbocycles. The number of rotatable bonds is 2. The molecule has 0 spiro atoms. The largest absolute Gasteiger partial charge is 0.484 e. The van der Waals surface area contributed by atoms with Gasteiger partial charge in [-0.2, -0.15) is 0 Å². The molecule has 0 aromatic rings. The summed E-state index contributed by atoms with van der Waals surface area (Å²) >= 11 is 0. The SMILES string of the molecule is COC1=NC(C(C)C2OCCO2)CCCC1. The molecule has 1 saturated heterocycles. The maximum Gasteiger partial charge on any atom is 0.183 e. The normalized spacial score (nSPS) is 29.6. The number of hydrogen-bond acceptors (Lipinski definition) is 4. The minimum absolute atomic E-state index is 0.0787. The minimum atomic E-state index is -0.0787. The van der Waals surface area contributed by atoms with E-state index in [1.54, 1.807) is 7.11 Å². The molecule has 0 saturated carbocycles. The Morgan fingerprint density at radius 3 is 2.75 bits per heavy atom. The molecule has 4 heteroatoms. The van der Waals surface area contributed by atoms with Crippen molar-refractivity contribution in [2.24, 2.45) is 10.9 Å². The molecule has 2 heterocycles. The Morgan fingerprint density at radius 2 is 2.06 bits per heavy atom. The molecule has 2 rings (SSSR count). The molecular formula is C12H21NO3. The fraction of sp³-hybridized carbons (Fsp3) is 0.917. The average Bonchev–Trinajstić information content (AvgIpc) is 2.73. The first-order valence-electron chi connectivity index (χ1n) is 6.15. The summed E-state index contributed by atoms with van der Waals surface area (Å²) in [5, 5.41) is 0. The van der Waals surface area contributed by atoms with E-state index in [1.807, 2.05) is 0 Å². The lowest BCUT2D eigenvalue weighted by Crippen LogP contribution is -2.29. The maximum atomic E-state index is 5.55. The zero-order chi connectivity index (χ0) is 11.4. The van der Waals surface area contributed by atoms with Gasteiger partial charge in [-0.1, -0.05) is 13.3 Å². The highest BCUT2D eigenvalue weighted by Crippen LogP contribution is 2.26. The van der Waals surface area contributed by atoms with Crippen molar-refractivity contribution in [1.29, 1.82) is 0 Å². The van der Waals surface area contributed by atoms with Gasteiger partial charge in [0.25, 0.3) is 0 Å². The van der Waals surface area contributed by atoms with Crippen LogP contribution in [-0.2, 0) is 14.2 Å². The van der Waals surface area contributed by atoms with Gasteiger partial charge < -0.3 is 14.2 Å². The van der Waals surface area contributed by atoms with Crippen molar-refractivity contribution < 1.29 is 14.2 Å². The fourth-order valence-electron chi connectivity index (χ4n) is 2.34. The van der Waals surface area contributed by atoms with Crippen LogP contribution in [0.15, 0.2) is 4.99 Å². The lowest BCUT2D eigenvalue weighted by Gasteiger charge is -2.23. The predicted octanol–water partition coefficient (Wildman–Crippen LogP) is 1.98. The maximum absolute atomic E-state index is 5.55. The zero-order valence-corrected chi connectivity index (χ0v) is 10.1. The lowest BCUT2D eigenvalue weighted by atomic mass is 9.97. The van der Waals surface area contributed by atoms with E-state index in [0.717, 1.165) is 18.7 Å². The second kappa shape index (κ2) is 5.64. The molecule has 0 radical (unpaired) electrons. The van der Waals surface area contributed by atoms with Crippen LogP contribution >= 0.6 is 0 Å². The van der Waals surface area contributed by atoms with E-state index in [9.17, 15) is 0 Å². The van der Waals surface area contributed by atoms with E-state index in [1.165, 1.54) is 12.8 Å². The third-order valence-electron chi connectivity index (χ3n) is 3.37. The van der Waals surface area contributed by atoms with Crippen molar-refractivity contribution in [2.75, 3.05) is 20.3 Å². The van der Waals surface area contributed by atoms with Crippen molar-refractivity contribution in [1.82, 2.24) is 0 Å². The first-order valence-corrected chi connectivity index (χ1v) is 6.15. The van der Waals surface area contributed by atoms with Gasteiger partial charge in [0, 0.05) is 12.3 Å². The highest BCUT2D eigenvalue weighted by atomic mass is 16.7.